The summed E-state index contributed by atoms with van der Waals surface area (Å²) < 4.78 is 19.2. The van der Waals surface area contributed by atoms with Crippen molar-refractivity contribution in [3.63, 3.8) is 0 Å². The first-order valence-electron chi connectivity index (χ1n) is 7.38. The molecule has 4 nitrogen and oxygen atoms in total. The molecule has 0 spiro atoms. The van der Waals surface area contributed by atoms with Gasteiger partial charge in [-0.05, 0) is 40.0 Å². The van der Waals surface area contributed by atoms with Crippen LogP contribution in [-0.4, -0.2) is 24.8 Å². The minimum Gasteiger partial charge on any atom is -0.367 e. The molecule has 3 aliphatic rings. The molecule has 2 heterocycles. The Hall–Kier alpha value is -1.79. The number of allylic oxidation sites excluding steroid dienone is 2. The minimum absolute atomic E-state index is 0.0101. The molecule has 23 heavy (non-hydrogen) atoms. The van der Waals surface area contributed by atoms with Gasteiger partial charge in [-0.2, -0.15) is 0 Å². The molecule has 6 heteroatoms. The molecular formula is C17H13BrFNO3. The van der Waals surface area contributed by atoms with Crippen LogP contribution in [0, 0.1) is 5.82 Å². The van der Waals surface area contributed by atoms with E-state index in [4.69, 9.17) is 4.74 Å². The third-order valence-corrected chi connectivity index (χ3v) is 5.10. The highest BCUT2D eigenvalue weighted by Gasteiger charge is 2.41. The Morgan fingerprint density at radius 2 is 1.87 bits per heavy atom. The highest BCUT2D eigenvalue weighted by molar-refractivity contribution is 9.10. The van der Waals surface area contributed by atoms with Crippen molar-refractivity contribution in [1.29, 1.82) is 0 Å². The van der Waals surface area contributed by atoms with Crippen molar-refractivity contribution in [2.75, 3.05) is 13.2 Å². The summed E-state index contributed by atoms with van der Waals surface area (Å²) in [5, 5.41) is 3.21. The van der Waals surface area contributed by atoms with Crippen molar-refractivity contribution in [3.8, 4) is 0 Å². The van der Waals surface area contributed by atoms with Gasteiger partial charge < -0.3 is 10.1 Å². The highest BCUT2D eigenvalue weighted by Crippen LogP contribution is 2.44. The zero-order valence-electron chi connectivity index (χ0n) is 12.1. The number of ether oxygens (including phenoxy) is 1. The topological polar surface area (TPSA) is 55.4 Å². The molecule has 2 aliphatic heterocycles. The third-order valence-electron chi connectivity index (χ3n) is 4.49. The van der Waals surface area contributed by atoms with Gasteiger partial charge in [0.05, 0.1) is 11.1 Å². The van der Waals surface area contributed by atoms with Crippen LogP contribution in [0.1, 0.15) is 24.3 Å². The van der Waals surface area contributed by atoms with Crippen LogP contribution in [0.2, 0.25) is 0 Å². The van der Waals surface area contributed by atoms with Crippen LogP contribution in [0.5, 0.6) is 0 Å². The van der Waals surface area contributed by atoms with Crippen LogP contribution in [0.4, 0.5) is 4.39 Å². The predicted octanol–water partition coefficient (Wildman–Crippen LogP) is 2.75. The summed E-state index contributed by atoms with van der Waals surface area (Å²) in [6.45, 7) is 0.334. The zero-order valence-corrected chi connectivity index (χ0v) is 13.7. The average molecular weight is 378 g/mol. The van der Waals surface area contributed by atoms with Crippen LogP contribution in [0.3, 0.4) is 0 Å². The smallest absolute Gasteiger partial charge is 0.187 e. The third kappa shape index (κ3) is 2.28. The lowest BCUT2D eigenvalue weighted by atomic mass is 9.78. The fourth-order valence-electron chi connectivity index (χ4n) is 3.50. The van der Waals surface area contributed by atoms with E-state index in [-0.39, 0.29) is 24.0 Å². The molecule has 1 N–H and O–H groups in total. The number of carbonyl (C=O) groups is 2. The fraction of sp³-hybridized carbons (Fsp3) is 0.294. The molecule has 0 aromatic heterocycles. The van der Waals surface area contributed by atoms with Crippen molar-refractivity contribution in [1.82, 2.24) is 5.32 Å². The van der Waals surface area contributed by atoms with E-state index in [9.17, 15) is 14.0 Å². The monoisotopic (exact) mass is 377 g/mol. The normalized spacial score (nSPS) is 23.8. The Morgan fingerprint density at radius 3 is 2.65 bits per heavy atom. The Morgan fingerprint density at radius 1 is 1.09 bits per heavy atom. The van der Waals surface area contributed by atoms with Crippen molar-refractivity contribution >= 4 is 27.5 Å². The highest BCUT2D eigenvalue weighted by atomic mass is 79.9. The molecule has 0 radical (unpaired) electrons. The molecule has 4 rings (SSSR count). The summed E-state index contributed by atoms with van der Waals surface area (Å²) in [4.78, 5) is 24.8. The number of rotatable bonds is 1. The lowest BCUT2D eigenvalue weighted by Gasteiger charge is -2.33. The molecule has 1 unspecified atom stereocenters. The van der Waals surface area contributed by atoms with Gasteiger partial charge in [-0.3, -0.25) is 9.59 Å². The molecule has 0 amide bonds. The van der Waals surface area contributed by atoms with E-state index in [1.807, 2.05) is 0 Å². The van der Waals surface area contributed by atoms with Gasteiger partial charge in [0.25, 0.3) is 0 Å². The molecule has 1 aromatic rings. The lowest BCUT2D eigenvalue weighted by Crippen LogP contribution is -2.36. The van der Waals surface area contributed by atoms with Crippen LogP contribution in [0.25, 0.3) is 0 Å². The first-order chi connectivity index (χ1) is 11.1. The summed E-state index contributed by atoms with van der Waals surface area (Å²) in [6.07, 6.45) is 1.07. The first kappa shape index (κ1) is 14.8. The lowest BCUT2D eigenvalue weighted by molar-refractivity contribution is -0.121. The Kier molecular flexibility index (Phi) is 3.46. The number of hydrogen-bond acceptors (Lipinski definition) is 4. The largest absolute Gasteiger partial charge is 0.367 e. The van der Waals surface area contributed by atoms with E-state index in [1.54, 1.807) is 12.1 Å². The van der Waals surface area contributed by atoms with Gasteiger partial charge >= 0.3 is 0 Å². The van der Waals surface area contributed by atoms with Crippen LogP contribution >= 0.6 is 15.9 Å². The van der Waals surface area contributed by atoms with Crippen molar-refractivity contribution < 1.29 is 18.7 Å². The maximum atomic E-state index is 13.6. The molecular weight excluding hydrogens is 365 g/mol. The van der Waals surface area contributed by atoms with E-state index >= 15 is 0 Å². The Balaban J connectivity index is 1.91. The van der Waals surface area contributed by atoms with Crippen LogP contribution < -0.4 is 5.32 Å². The summed E-state index contributed by atoms with van der Waals surface area (Å²) in [5.74, 6) is -0.897. The SMILES string of the molecule is O=C1CCC2=C1C(c1ccc(F)c(Br)c1)C1=C(COCC1=O)N2. The van der Waals surface area contributed by atoms with Gasteiger partial charge in [0, 0.05) is 34.9 Å². The summed E-state index contributed by atoms with van der Waals surface area (Å²) in [6, 6.07) is 4.64. The molecule has 0 bridgehead atoms. The van der Waals surface area contributed by atoms with Gasteiger partial charge in [-0.1, -0.05) is 6.07 Å². The second-order valence-electron chi connectivity index (χ2n) is 5.86. The van der Waals surface area contributed by atoms with Crippen molar-refractivity contribution in [3.05, 3.63) is 56.6 Å². The first-order valence-corrected chi connectivity index (χ1v) is 8.17. The standard InChI is InChI=1S/C17H13BrFNO3/c18-9-5-8(1-2-10(9)19)15-16-11(3-4-13(16)21)20-12-6-23-7-14(22)17(12)15/h1-2,5,15,20H,3-4,6-7H2. The van der Waals surface area contributed by atoms with Gasteiger partial charge in [0.15, 0.2) is 11.6 Å². The van der Waals surface area contributed by atoms with E-state index < -0.39 is 5.92 Å². The second-order valence-corrected chi connectivity index (χ2v) is 6.71. The summed E-state index contributed by atoms with van der Waals surface area (Å²) in [7, 11) is 0. The fourth-order valence-corrected chi connectivity index (χ4v) is 3.90. The molecule has 1 aliphatic carbocycles. The van der Waals surface area contributed by atoms with Crippen molar-refractivity contribution in [2.24, 2.45) is 0 Å². The number of ketones is 2. The zero-order chi connectivity index (χ0) is 16.1. The van der Waals surface area contributed by atoms with E-state index in [0.717, 1.165) is 17.0 Å². The quantitative estimate of drug-likeness (QED) is 0.817. The number of nitrogens with one attached hydrogen (secondary N) is 1. The summed E-state index contributed by atoms with van der Waals surface area (Å²) >= 11 is 3.19. The molecule has 0 saturated heterocycles. The number of carbonyl (C=O) groups excluding carboxylic acids is 2. The number of hydrogen-bond donors (Lipinski definition) is 1. The summed E-state index contributed by atoms with van der Waals surface area (Å²) in [5.41, 5.74) is 3.53. The van der Waals surface area contributed by atoms with E-state index in [0.29, 0.717) is 35.1 Å². The maximum absolute atomic E-state index is 13.6. The minimum atomic E-state index is -0.440. The van der Waals surface area contributed by atoms with Gasteiger partial charge in [0.1, 0.15) is 12.4 Å². The molecule has 1 atom stereocenters. The van der Waals surface area contributed by atoms with Gasteiger partial charge in [-0.25, -0.2) is 4.39 Å². The Bertz CT molecular complexity index is 812. The second kappa shape index (κ2) is 5.39. The van der Waals surface area contributed by atoms with Gasteiger partial charge in [0.2, 0.25) is 0 Å². The van der Waals surface area contributed by atoms with Crippen LogP contribution in [0.15, 0.2) is 45.2 Å². The van der Waals surface area contributed by atoms with E-state index in [2.05, 4.69) is 21.2 Å². The van der Waals surface area contributed by atoms with E-state index in [1.165, 1.54) is 6.07 Å². The maximum Gasteiger partial charge on any atom is 0.187 e. The number of halogens is 2. The van der Waals surface area contributed by atoms with Crippen molar-refractivity contribution in [2.45, 2.75) is 18.8 Å². The van der Waals surface area contributed by atoms with Gasteiger partial charge in [-0.15, -0.1) is 0 Å². The average Bonchev–Trinajstić information content (AvgIpc) is 2.90. The van der Waals surface area contributed by atoms with Crippen LogP contribution in [-0.2, 0) is 14.3 Å². The molecule has 1 aromatic carbocycles. The predicted molar refractivity (Wildman–Crippen MR) is 84.1 cm³/mol. The number of benzene rings is 1. The Labute approximate surface area is 140 Å². The number of dihydropyridines is 1. The molecule has 0 saturated carbocycles. The number of Topliss-reactive ketones (excluding diaryl/α,β-unsaturated/α-hetero) is 2. The molecule has 0 fully saturated rings. The molecule has 118 valence electrons.